The summed E-state index contributed by atoms with van der Waals surface area (Å²) in [6, 6.07) is 7.27. The van der Waals surface area contributed by atoms with Gasteiger partial charge in [-0.2, -0.15) is 4.98 Å². The highest BCUT2D eigenvalue weighted by Crippen LogP contribution is 2.28. The molecule has 8 nitrogen and oxygen atoms in total. The summed E-state index contributed by atoms with van der Waals surface area (Å²) < 4.78 is 15.3. The molecule has 8 heteroatoms. The van der Waals surface area contributed by atoms with Crippen LogP contribution in [0.15, 0.2) is 28.8 Å². The molecule has 1 aliphatic rings. The van der Waals surface area contributed by atoms with E-state index in [2.05, 4.69) is 15.5 Å². The number of hydrogen-bond acceptors (Lipinski definition) is 7. The van der Waals surface area contributed by atoms with E-state index in [4.69, 9.17) is 14.0 Å². The van der Waals surface area contributed by atoms with Crippen LogP contribution in [-0.2, 0) is 20.7 Å². The second kappa shape index (κ2) is 8.46. The average molecular weight is 359 g/mol. The summed E-state index contributed by atoms with van der Waals surface area (Å²) in [5.41, 5.74) is 0.795. The molecule has 0 spiro atoms. The Hall–Kier alpha value is -2.90. The van der Waals surface area contributed by atoms with Crippen molar-refractivity contribution in [2.45, 2.75) is 25.7 Å². The van der Waals surface area contributed by atoms with Gasteiger partial charge < -0.3 is 19.3 Å². The quantitative estimate of drug-likeness (QED) is 0.680. The highest BCUT2D eigenvalue weighted by Gasteiger charge is 2.23. The molecule has 26 heavy (non-hydrogen) atoms. The van der Waals surface area contributed by atoms with Crippen LogP contribution < -0.4 is 10.1 Å². The lowest BCUT2D eigenvalue weighted by atomic mass is 10.2. The molecule has 2 aromatic rings. The zero-order valence-electron chi connectivity index (χ0n) is 14.6. The molecule has 1 heterocycles. The standard InChI is InChI=1S/C18H21N3O5/c1-24-14-6-4-13(5-7-14)18-20-16(26-21-18)9-8-15(22)19-10-17(23)25-11-12-2-3-12/h4-7,12H,2-3,8-11H2,1H3,(H,19,22). The molecule has 1 saturated carbocycles. The van der Waals surface area contributed by atoms with Crippen LogP contribution in [0.2, 0.25) is 0 Å². The second-order valence-corrected chi connectivity index (χ2v) is 6.14. The van der Waals surface area contributed by atoms with Crippen LogP contribution in [0.3, 0.4) is 0 Å². The van der Waals surface area contributed by atoms with E-state index in [-0.39, 0.29) is 18.9 Å². The molecule has 0 saturated heterocycles. The van der Waals surface area contributed by atoms with E-state index in [1.165, 1.54) is 0 Å². The Kier molecular flexibility index (Phi) is 5.83. The van der Waals surface area contributed by atoms with Crippen LogP contribution in [-0.4, -0.2) is 42.3 Å². The first-order chi connectivity index (χ1) is 12.6. The van der Waals surface area contributed by atoms with Crippen molar-refractivity contribution in [2.24, 2.45) is 5.92 Å². The third-order valence-corrected chi connectivity index (χ3v) is 3.99. The molecule has 1 fully saturated rings. The van der Waals surface area contributed by atoms with Gasteiger partial charge in [-0.05, 0) is 43.0 Å². The van der Waals surface area contributed by atoms with Gasteiger partial charge in [-0.1, -0.05) is 5.16 Å². The average Bonchev–Trinajstić information content (AvgIpc) is 3.38. The molecule has 1 aromatic carbocycles. The fourth-order valence-corrected chi connectivity index (χ4v) is 2.24. The van der Waals surface area contributed by atoms with Crippen LogP contribution in [0.1, 0.15) is 25.2 Å². The van der Waals surface area contributed by atoms with Crippen LogP contribution in [0, 0.1) is 5.92 Å². The Morgan fingerprint density at radius 2 is 2.04 bits per heavy atom. The predicted molar refractivity (Wildman–Crippen MR) is 91.3 cm³/mol. The van der Waals surface area contributed by atoms with Gasteiger partial charge in [-0.15, -0.1) is 0 Å². The number of ether oxygens (including phenoxy) is 2. The number of aromatic nitrogens is 2. The second-order valence-electron chi connectivity index (χ2n) is 6.14. The molecule has 3 rings (SSSR count). The smallest absolute Gasteiger partial charge is 0.325 e. The van der Waals surface area contributed by atoms with E-state index >= 15 is 0 Å². The van der Waals surface area contributed by atoms with E-state index in [0.717, 1.165) is 24.2 Å². The molecule has 0 aliphatic heterocycles. The van der Waals surface area contributed by atoms with E-state index in [1.54, 1.807) is 19.2 Å². The van der Waals surface area contributed by atoms with Crippen molar-refractivity contribution < 1.29 is 23.6 Å². The normalized spacial score (nSPS) is 13.3. The van der Waals surface area contributed by atoms with Crippen LogP contribution in [0.5, 0.6) is 5.75 Å². The highest BCUT2D eigenvalue weighted by atomic mass is 16.5. The first-order valence-corrected chi connectivity index (χ1v) is 8.53. The number of aryl methyl sites for hydroxylation is 1. The van der Waals surface area contributed by atoms with Gasteiger partial charge in [-0.3, -0.25) is 9.59 Å². The van der Waals surface area contributed by atoms with Gasteiger partial charge >= 0.3 is 5.97 Å². The summed E-state index contributed by atoms with van der Waals surface area (Å²) in [5, 5.41) is 6.44. The Morgan fingerprint density at radius 3 is 2.73 bits per heavy atom. The maximum atomic E-state index is 11.8. The number of hydrogen-bond donors (Lipinski definition) is 1. The van der Waals surface area contributed by atoms with Gasteiger partial charge in [0.15, 0.2) is 0 Å². The summed E-state index contributed by atoms with van der Waals surface area (Å²) >= 11 is 0. The predicted octanol–water partition coefficient (Wildman–Crippen LogP) is 1.75. The van der Waals surface area contributed by atoms with Crippen LogP contribution in [0.4, 0.5) is 0 Å². The SMILES string of the molecule is COc1ccc(-c2noc(CCC(=O)NCC(=O)OCC3CC3)n2)cc1. The monoisotopic (exact) mass is 359 g/mol. The topological polar surface area (TPSA) is 104 Å². The van der Waals surface area contributed by atoms with E-state index in [0.29, 0.717) is 30.7 Å². The third kappa shape index (κ3) is 5.30. The van der Waals surface area contributed by atoms with Crippen LogP contribution >= 0.6 is 0 Å². The van der Waals surface area contributed by atoms with Crippen LogP contribution in [0.25, 0.3) is 11.4 Å². The van der Waals surface area contributed by atoms with Crippen molar-refractivity contribution in [1.82, 2.24) is 15.5 Å². The largest absolute Gasteiger partial charge is 0.497 e. The third-order valence-electron chi connectivity index (χ3n) is 3.99. The molecule has 1 N–H and O–H groups in total. The van der Waals surface area contributed by atoms with Crippen molar-refractivity contribution in [1.29, 1.82) is 0 Å². The molecular weight excluding hydrogens is 338 g/mol. The maximum Gasteiger partial charge on any atom is 0.325 e. The Bertz CT molecular complexity index is 752. The number of carbonyl (C=O) groups is 2. The number of rotatable bonds is 9. The molecule has 0 unspecified atom stereocenters. The number of carbonyl (C=O) groups excluding carboxylic acids is 2. The number of amides is 1. The van der Waals surface area contributed by atoms with Gasteiger partial charge in [0.2, 0.25) is 17.6 Å². The fraction of sp³-hybridized carbons (Fsp3) is 0.444. The molecule has 0 bridgehead atoms. The molecule has 0 radical (unpaired) electrons. The van der Waals surface area contributed by atoms with E-state index < -0.39 is 5.97 Å². The molecule has 0 atom stereocenters. The van der Waals surface area contributed by atoms with Crippen molar-refractivity contribution in [2.75, 3.05) is 20.3 Å². The first kappa shape index (κ1) is 17.9. The fourth-order valence-electron chi connectivity index (χ4n) is 2.24. The zero-order valence-corrected chi connectivity index (χ0v) is 14.6. The minimum absolute atomic E-state index is 0.119. The minimum Gasteiger partial charge on any atom is -0.497 e. The lowest BCUT2D eigenvalue weighted by molar-refractivity contribution is -0.144. The summed E-state index contributed by atoms with van der Waals surface area (Å²) in [7, 11) is 1.60. The Morgan fingerprint density at radius 1 is 1.27 bits per heavy atom. The minimum atomic E-state index is -0.412. The van der Waals surface area contributed by atoms with Crippen molar-refractivity contribution in [3.63, 3.8) is 0 Å². The molecule has 1 aliphatic carbocycles. The molecule has 1 amide bonds. The lowest BCUT2D eigenvalue weighted by Crippen LogP contribution is -2.31. The van der Waals surface area contributed by atoms with E-state index in [1.807, 2.05) is 12.1 Å². The highest BCUT2D eigenvalue weighted by molar-refractivity contribution is 5.81. The number of benzene rings is 1. The first-order valence-electron chi connectivity index (χ1n) is 8.53. The molecule has 138 valence electrons. The number of methoxy groups -OCH3 is 1. The van der Waals surface area contributed by atoms with Crippen molar-refractivity contribution in [3.8, 4) is 17.1 Å². The van der Waals surface area contributed by atoms with Crippen molar-refractivity contribution in [3.05, 3.63) is 30.2 Å². The number of nitrogens with zero attached hydrogens (tertiary/aromatic N) is 2. The zero-order chi connectivity index (χ0) is 18.4. The lowest BCUT2D eigenvalue weighted by Gasteiger charge is -2.05. The number of esters is 1. The van der Waals surface area contributed by atoms with Gasteiger partial charge in [0.05, 0.1) is 13.7 Å². The van der Waals surface area contributed by atoms with Gasteiger partial charge in [-0.25, -0.2) is 0 Å². The summed E-state index contributed by atoms with van der Waals surface area (Å²) in [6.45, 7) is 0.331. The Balaban J connectivity index is 1.40. The summed E-state index contributed by atoms with van der Waals surface area (Å²) in [4.78, 5) is 27.5. The van der Waals surface area contributed by atoms with Gasteiger partial charge in [0, 0.05) is 18.4 Å². The summed E-state index contributed by atoms with van der Waals surface area (Å²) in [6.07, 6.45) is 2.68. The van der Waals surface area contributed by atoms with Gasteiger partial charge in [0.25, 0.3) is 0 Å². The number of nitrogens with one attached hydrogen (secondary N) is 1. The Labute approximate surface area is 150 Å². The summed E-state index contributed by atoms with van der Waals surface area (Å²) in [5.74, 6) is 1.38. The molecular formula is C18H21N3O5. The molecule has 1 aromatic heterocycles. The van der Waals surface area contributed by atoms with Crippen molar-refractivity contribution >= 4 is 11.9 Å². The van der Waals surface area contributed by atoms with E-state index in [9.17, 15) is 9.59 Å². The van der Waals surface area contributed by atoms with Gasteiger partial charge in [0.1, 0.15) is 12.3 Å². The maximum absolute atomic E-state index is 11.8.